The number of anilines is 1. The summed E-state index contributed by atoms with van der Waals surface area (Å²) in [5.74, 6) is -1.13. The minimum Gasteiger partial charge on any atom is -0.478 e. The minimum absolute atomic E-state index is 0.00377. The highest BCUT2D eigenvalue weighted by Crippen LogP contribution is 2.26. The Kier molecular flexibility index (Phi) is 7.51. The predicted octanol–water partition coefficient (Wildman–Crippen LogP) is 3.38. The first-order valence-corrected chi connectivity index (χ1v) is 8.32. The molecule has 0 saturated heterocycles. The van der Waals surface area contributed by atoms with Gasteiger partial charge in [0.25, 0.3) is 0 Å². The van der Waals surface area contributed by atoms with Gasteiger partial charge in [0.15, 0.2) is 0 Å². The van der Waals surface area contributed by atoms with E-state index in [9.17, 15) is 19.8 Å². The molecule has 1 unspecified atom stereocenters. The van der Waals surface area contributed by atoms with Crippen LogP contribution in [0.1, 0.15) is 49.5 Å². The number of aliphatic hydroxyl groups is 1. The molecule has 1 amide bonds. The molecular weight excluding hydrogens is 348 g/mol. The van der Waals surface area contributed by atoms with Crippen LogP contribution in [0.4, 0.5) is 10.5 Å². The molecule has 140 valence electrons. The summed E-state index contributed by atoms with van der Waals surface area (Å²) in [5, 5.41) is 25.0. The van der Waals surface area contributed by atoms with Crippen LogP contribution in [-0.2, 0) is 4.74 Å². The number of hydrogen-bond acceptors (Lipinski definition) is 5. The molecule has 0 aliphatic rings. The van der Waals surface area contributed by atoms with Gasteiger partial charge < -0.3 is 25.6 Å². The lowest BCUT2D eigenvalue weighted by atomic mass is 10.1. The van der Waals surface area contributed by atoms with Crippen molar-refractivity contribution >= 4 is 29.4 Å². The van der Waals surface area contributed by atoms with Gasteiger partial charge in [-0.1, -0.05) is 11.6 Å². The van der Waals surface area contributed by atoms with Crippen molar-refractivity contribution in [2.24, 2.45) is 0 Å². The van der Waals surface area contributed by atoms with Gasteiger partial charge in [-0.25, -0.2) is 9.59 Å². The highest BCUT2D eigenvalue weighted by molar-refractivity contribution is 6.31. The minimum atomic E-state index is -1.13. The van der Waals surface area contributed by atoms with Crippen LogP contribution in [0.3, 0.4) is 0 Å². The van der Waals surface area contributed by atoms with Gasteiger partial charge in [-0.2, -0.15) is 0 Å². The van der Waals surface area contributed by atoms with Crippen molar-refractivity contribution in [3.63, 3.8) is 0 Å². The number of carbonyl (C=O) groups is 2. The zero-order valence-electron chi connectivity index (χ0n) is 14.9. The highest BCUT2D eigenvalue weighted by atomic mass is 35.5. The van der Waals surface area contributed by atoms with E-state index in [1.807, 2.05) is 0 Å². The second-order valence-electron chi connectivity index (χ2n) is 6.68. The van der Waals surface area contributed by atoms with Crippen LogP contribution in [0.25, 0.3) is 0 Å². The molecule has 1 aromatic rings. The summed E-state index contributed by atoms with van der Waals surface area (Å²) < 4.78 is 5.10. The molecule has 0 aliphatic heterocycles. The molecular formula is C17H25ClN2O5. The van der Waals surface area contributed by atoms with Crippen LogP contribution >= 0.6 is 11.6 Å². The maximum atomic E-state index is 11.5. The summed E-state index contributed by atoms with van der Waals surface area (Å²) in [7, 11) is 0. The quantitative estimate of drug-likeness (QED) is 0.431. The maximum Gasteiger partial charge on any atom is 0.407 e. The number of amides is 1. The van der Waals surface area contributed by atoms with E-state index in [0.717, 1.165) is 0 Å². The van der Waals surface area contributed by atoms with E-state index in [1.165, 1.54) is 6.07 Å². The number of aliphatic hydroxyl groups excluding tert-OH is 1. The Morgan fingerprint density at radius 3 is 2.52 bits per heavy atom. The number of carbonyl (C=O) groups excluding carboxylic acids is 1. The molecule has 1 rings (SSSR count). The Morgan fingerprint density at radius 2 is 1.96 bits per heavy atom. The van der Waals surface area contributed by atoms with E-state index < -0.39 is 23.9 Å². The molecule has 1 atom stereocenters. The van der Waals surface area contributed by atoms with Crippen molar-refractivity contribution in [2.45, 2.75) is 52.4 Å². The standard InChI is InChI=1S/C17H25ClN2O5/c1-10-8-11(18)9-12(15(22)23)14(10)20-13(21)6-5-7-19-16(24)25-17(2,3)4/h8-9,13,20-21H,5-7H2,1-4H3,(H,19,24)(H,22,23). The third-order valence-corrected chi connectivity index (χ3v) is 3.38. The number of carboxylic acid groups (broad SMARTS) is 1. The van der Waals surface area contributed by atoms with Crippen molar-refractivity contribution in [1.29, 1.82) is 0 Å². The van der Waals surface area contributed by atoms with E-state index in [4.69, 9.17) is 16.3 Å². The summed E-state index contributed by atoms with van der Waals surface area (Å²) in [5.41, 5.74) is 0.376. The summed E-state index contributed by atoms with van der Waals surface area (Å²) in [4.78, 5) is 22.8. The molecule has 0 aromatic heterocycles. The van der Waals surface area contributed by atoms with Crippen LogP contribution in [0, 0.1) is 6.92 Å². The lowest BCUT2D eigenvalue weighted by Crippen LogP contribution is -2.33. The third-order valence-electron chi connectivity index (χ3n) is 3.16. The fourth-order valence-corrected chi connectivity index (χ4v) is 2.41. The molecule has 0 radical (unpaired) electrons. The molecule has 0 fully saturated rings. The Morgan fingerprint density at radius 1 is 1.32 bits per heavy atom. The van der Waals surface area contributed by atoms with E-state index >= 15 is 0 Å². The van der Waals surface area contributed by atoms with Gasteiger partial charge in [-0.05, 0) is 58.2 Å². The normalized spacial score (nSPS) is 12.4. The number of halogens is 1. The van der Waals surface area contributed by atoms with Crippen molar-refractivity contribution in [3.05, 3.63) is 28.3 Å². The van der Waals surface area contributed by atoms with Gasteiger partial charge in [0.2, 0.25) is 0 Å². The Bertz CT molecular complexity index is 628. The first-order valence-electron chi connectivity index (χ1n) is 7.94. The SMILES string of the molecule is Cc1cc(Cl)cc(C(=O)O)c1NC(O)CCCNC(=O)OC(C)(C)C. The average Bonchev–Trinajstić information content (AvgIpc) is 2.44. The summed E-state index contributed by atoms with van der Waals surface area (Å²) in [6.45, 7) is 7.36. The van der Waals surface area contributed by atoms with Crippen LogP contribution < -0.4 is 10.6 Å². The molecule has 7 nitrogen and oxygen atoms in total. The smallest absolute Gasteiger partial charge is 0.407 e. The van der Waals surface area contributed by atoms with Gasteiger partial charge in [-0.3, -0.25) is 0 Å². The van der Waals surface area contributed by atoms with Gasteiger partial charge >= 0.3 is 12.1 Å². The van der Waals surface area contributed by atoms with Crippen LogP contribution in [0.5, 0.6) is 0 Å². The number of aromatic carboxylic acids is 1. The summed E-state index contributed by atoms with van der Waals surface area (Å²) in [6, 6.07) is 2.95. The van der Waals surface area contributed by atoms with E-state index in [2.05, 4.69) is 10.6 Å². The Balaban J connectivity index is 2.52. The van der Waals surface area contributed by atoms with E-state index in [1.54, 1.807) is 33.8 Å². The lowest BCUT2D eigenvalue weighted by molar-refractivity contribution is 0.0523. The van der Waals surface area contributed by atoms with Gasteiger partial charge in [0.05, 0.1) is 11.3 Å². The maximum absolute atomic E-state index is 11.5. The molecule has 1 aromatic carbocycles. The van der Waals surface area contributed by atoms with Gasteiger partial charge in [0.1, 0.15) is 11.8 Å². The summed E-state index contributed by atoms with van der Waals surface area (Å²) in [6.07, 6.45) is -0.672. The molecule has 25 heavy (non-hydrogen) atoms. The number of hydrogen-bond donors (Lipinski definition) is 4. The Hall–Kier alpha value is -1.99. The van der Waals surface area contributed by atoms with Crippen LogP contribution in [0.15, 0.2) is 12.1 Å². The number of nitrogens with one attached hydrogen (secondary N) is 2. The number of ether oxygens (including phenoxy) is 1. The molecule has 0 aliphatic carbocycles. The topological polar surface area (TPSA) is 108 Å². The molecule has 4 N–H and O–H groups in total. The van der Waals surface area contributed by atoms with E-state index in [0.29, 0.717) is 35.7 Å². The number of aryl methyl sites for hydroxylation is 1. The zero-order valence-corrected chi connectivity index (χ0v) is 15.6. The van der Waals surface area contributed by atoms with Gasteiger partial charge in [-0.15, -0.1) is 0 Å². The zero-order chi connectivity index (χ0) is 19.2. The van der Waals surface area contributed by atoms with E-state index in [-0.39, 0.29) is 5.56 Å². The number of rotatable bonds is 7. The fourth-order valence-electron chi connectivity index (χ4n) is 2.14. The van der Waals surface area contributed by atoms with Crippen LogP contribution in [0.2, 0.25) is 5.02 Å². The molecule has 0 heterocycles. The number of benzene rings is 1. The van der Waals surface area contributed by atoms with Crippen LogP contribution in [-0.4, -0.2) is 40.6 Å². The highest BCUT2D eigenvalue weighted by Gasteiger charge is 2.17. The number of alkyl carbamates (subject to hydrolysis) is 1. The predicted molar refractivity (Wildman–Crippen MR) is 96.2 cm³/mol. The third kappa shape index (κ3) is 7.62. The molecule has 0 bridgehead atoms. The number of carboxylic acids is 1. The van der Waals surface area contributed by atoms with Crippen molar-refractivity contribution in [1.82, 2.24) is 5.32 Å². The monoisotopic (exact) mass is 372 g/mol. The molecule has 0 saturated carbocycles. The largest absolute Gasteiger partial charge is 0.478 e. The summed E-state index contributed by atoms with van der Waals surface area (Å²) >= 11 is 5.87. The van der Waals surface area contributed by atoms with Crippen molar-refractivity contribution in [2.75, 3.05) is 11.9 Å². The Labute approximate surface area is 152 Å². The molecule has 0 spiro atoms. The van der Waals surface area contributed by atoms with Crippen molar-refractivity contribution < 1.29 is 24.5 Å². The first kappa shape index (κ1) is 21.1. The lowest BCUT2D eigenvalue weighted by Gasteiger charge is -2.20. The van der Waals surface area contributed by atoms with Gasteiger partial charge in [0, 0.05) is 11.6 Å². The fraction of sp³-hybridized carbons (Fsp3) is 0.529. The second kappa shape index (κ2) is 8.92. The average molecular weight is 373 g/mol. The van der Waals surface area contributed by atoms with Crippen molar-refractivity contribution in [3.8, 4) is 0 Å². The molecule has 8 heteroatoms. The first-order chi connectivity index (χ1) is 11.5. The second-order valence-corrected chi connectivity index (χ2v) is 7.12.